The Morgan fingerprint density at radius 2 is 1.41 bits per heavy atom. The maximum atomic E-state index is 13.1. The first-order valence-electron chi connectivity index (χ1n) is 9.37. The van der Waals surface area contributed by atoms with Gasteiger partial charge in [0.05, 0.1) is 12.4 Å². The lowest BCUT2D eigenvalue weighted by Crippen LogP contribution is -2.12. The third-order valence-electron chi connectivity index (χ3n) is 5.32. The zero-order valence-electron chi connectivity index (χ0n) is 15.3. The molecule has 142 valence electrons. The molecule has 0 aromatic heterocycles. The van der Waals surface area contributed by atoms with Crippen LogP contribution in [0.4, 0.5) is 13.2 Å². The van der Waals surface area contributed by atoms with E-state index >= 15 is 0 Å². The molecule has 0 radical (unpaired) electrons. The summed E-state index contributed by atoms with van der Waals surface area (Å²) in [7, 11) is 0. The van der Waals surface area contributed by atoms with Crippen molar-refractivity contribution in [2.45, 2.75) is 44.9 Å². The van der Waals surface area contributed by atoms with E-state index in [0.29, 0.717) is 5.92 Å². The van der Waals surface area contributed by atoms with Crippen LogP contribution in [0, 0.1) is 23.4 Å². The molecule has 0 spiro atoms. The fourth-order valence-electron chi connectivity index (χ4n) is 3.61. The van der Waals surface area contributed by atoms with Gasteiger partial charge in [-0.2, -0.15) is 10.2 Å². The molecule has 0 atom stereocenters. The summed E-state index contributed by atoms with van der Waals surface area (Å²) >= 11 is 0. The van der Waals surface area contributed by atoms with Gasteiger partial charge in [-0.1, -0.05) is 37.6 Å². The van der Waals surface area contributed by atoms with E-state index in [0.717, 1.165) is 23.6 Å². The molecular formula is C22H23F3N2. The van der Waals surface area contributed by atoms with Gasteiger partial charge in [0.15, 0.2) is 17.5 Å². The summed E-state index contributed by atoms with van der Waals surface area (Å²) in [4.78, 5) is 0. The molecule has 1 saturated carbocycles. The monoisotopic (exact) mass is 372 g/mol. The Bertz CT molecular complexity index is 797. The molecular weight excluding hydrogens is 349 g/mol. The van der Waals surface area contributed by atoms with Crippen LogP contribution in [0.15, 0.2) is 46.6 Å². The first kappa shape index (κ1) is 19.3. The quantitative estimate of drug-likeness (QED) is 0.337. The van der Waals surface area contributed by atoms with Crippen molar-refractivity contribution in [1.82, 2.24) is 0 Å². The highest BCUT2D eigenvalue weighted by molar-refractivity contribution is 5.82. The van der Waals surface area contributed by atoms with Crippen molar-refractivity contribution >= 4 is 12.4 Å². The third-order valence-corrected chi connectivity index (χ3v) is 5.32. The Hall–Kier alpha value is -2.43. The standard InChI is InChI=1S/C22H23F3N2/c1-2-15-3-7-18(8-4-15)19-9-5-16(6-10-19)13-26-27-14-17-11-20(23)22(25)21(24)12-17/h5-6,9-15,18H,2-4,7-8H2,1H3/b26-13+,27-14+. The van der Waals surface area contributed by atoms with Crippen LogP contribution >= 0.6 is 0 Å². The first-order chi connectivity index (χ1) is 13.1. The Kier molecular flexibility index (Phi) is 6.43. The number of hydrogen-bond donors (Lipinski definition) is 0. The van der Waals surface area contributed by atoms with Crippen molar-refractivity contribution in [2.75, 3.05) is 0 Å². The van der Waals surface area contributed by atoms with E-state index in [1.165, 1.54) is 43.9 Å². The van der Waals surface area contributed by atoms with Gasteiger partial charge in [-0.05, 0) is 60.8 Å². The molecule has 1 aliphatic carbocycles. The first-order valence-corrected chi connectivity index (χ1v) is 9.37. The maximum absolute atomic E-state index is 13.1. The van der Waals surface area contributed by atoms with E-state index in [9.17, 15) is 13.2 Å². The van der Waals surface area contributed by atoms with Crippen LogP contribution < -0.4 is 0 Å². The van der Waals surface area contributed by atoms with E-state index in [2.05, 4.69) is 29.3 Å². The van der Waals surface area contributed by atoms with Crippen molar-refractivity contribution in [1.29, 1.82) is 0 Å². The number of rotatable bonds is 5. The minimum absolute atomic E-state index is 0.113. The smallest absolute Gasteiger partial charge is 0.194 e. The van der Waals surface area contributed by atoms with Crippen molar-refractivity contribution in [3.8, 4) is 0 Å². The number of halogens is 3. The molecule has 3 rings (SSSR count). The van der Waals surface area contributed by atoms with Gasteiger partial charge in [0.2, 0.25) is 0 Å². The van der Waals surface area contributed by atoms with Crippen molar-refractivity contribution < 1.29 is 13.2 Å². The molecule has 0 saturated heterocycles. The normalized spacial score (nSPS) is 20.6. The average molecular weight is 372 g/mol. The van der Waals surface area contributed by atoms with Gasteiger partial charge in [0.1, 0.15) is 0 Å². The van der Waals surface area contributed by atoms with Crippen molar-refractivity contribution in [2.24, 2.45) is 16.1 Å². The summed E-state index contributed by atoms with van der Waals surface area (Å²) < 4.78 is 39.2. The van der Waals surface area contributed by atoms with Crippen LogP contribution in [0.5, 0.6) is 0 Å². The Balaban J connectivity index is 1.58. The maximum Gasteiger partial charge on any atom is 0.194 e. The predicted molar refractivity (Wildman–Crippen MR) is 103 cm³/mol. The summed E-state index contributed by atoms with van der Waals surface area (Å²) in [6.45, 7) is 2.27. The van der Waals surface area contributed by atoms with E-state index in [4.69, 9.17) is 0 Å². The van der Waals surface area contributed by atoms with Crippen LogP contribution in [-0.4, -0.2) is 12.4 Å². The van der Waals surface area contributed by atoms with Gasteiger partial charge in [-0.3, -0.25) is 0 Å². The summed E-state index contributed by atoms with van der Waals surface area (Å²) in [5.74, 6) is -2.46. The summed E-state index contributed by atoms with van der Waals surface area (Å²) in [6, 6.07) is 10.0. The van der Waals surface area contributed by atoms with E-state index in [1.807, 2.05) is 12.1 Å². The van der Waals surface area contributed by atoms with Gasteiger partial charge < -0.3 is 0 Å². The molecule has 2 aromatic carbocycles. The van der Waals surface area contributed by atoms with Gasteiger partial charge in [-0.15, -0.1) is 0 Å². The number of benzene rings is 2. The predicted octanol–water partition coefficient (Wildman–Crippen LogP) is 6.24. The highest BCUT2D eigenvalue weighted by Gasteiger charge is 2.20. The Morgan fingerprint density at radius 1 is 0.852 bits per heavy atom. The largest absolute Gasteiger partial charge is 0.204 e. The molecule has 27 heavy (non-hydrogen) atoms. The molecule has 1 fully saturated rings. The minimum Gasteiger partial charge on any atom is -0.204 e. The fourth-order valence-corrected chi connectivity index (χ4v) is 3.61. The van der Waals surface area contributed by atoms with Crippen LogP contribution in [0.1, 0.15) is 61.6 Å². The van der Waals surface area contributed by atoms with Crippen LogP contribution in [-0.2, 0) is 0 Å². The fraction of sp³-hybridized carbons (Fsp3) is 0.364. The van der Waals surface area contributed by atoms with Crippen LogP contribution in [0.2, 0.25) is 0 Å². The lowest BCUT2D eigenvalue weighted by molar-refractivity contribution is 0.319. The summed E-state index contributed by atoms with van der Waals surface area (Å²) in [6.07, 6.45) is 9.16. The topological polar surface area (TPSA) is 24.7 Å². The van der Waals surface area contributed by atoms with E-state index in [-0.39, 0.29) is 5.56 Å². The van der Waals surface area contributed by atoms with Gasteiger partial charge in [0.25, 0.3) is 0 Å². The lowest BCUT2D eigenvalue weighted by atomic mass is 9.78. The van der Waals surface area contributed by atoms with Crippen LogP contribution in [0.3, 0.4) is 0 Å². The molecule has 1 aliphatic rings. The molecule has 0 amide bonds. The SMILES string of the molecule is CCC1CCC(c2ccc(/C=N/N=C/c3cc(F)c(F)c(F)c3)cc2)CC1. The van der Waals surface area contributed by atoms with Crippen LogP contribution in [0.25, 0.3) is 0 Å². The average Bonchev–Trinajstić information content (AvgIpc) is 2.70. The second kappa shape index (κ2) is 8.98. The highest BCUT2D eigenvalue weighted by Crippen LogP contribution is 2.36. The second-order valence-corrected chi connectivity index (χ2v) is 7.08. The number of hydrogen-bond acceptors (Lipinski definition) is 2. The third kappa shape index (κ3) is 5.06. The van der Waals surface area contributed by atoms with Gasteiger partial charge in [0, 0.05) is 5.56 Å². The minimum atomic E-state index is -1.49. The van der Waals surface area contributed by atoms with E-state index in [1.54, 1.807) is 6.21 Å². The lowest BCUT2D eigenvalue weighted by Gasteiger charge is -2.28. The molecule has 0 N–H and O–H groups in total. The van der Waals surface area contributed by atoms with Gasteiger partial charge >= 0.3 is 0 Å². The molecule has 0 bridgehead atoms. The molecule has 2 nitrogen and oxygen atoms in total. The molecule has 0 aliphatic heterocycles. The zero-order valence-corrected chi connectivity index (χ0v) is 15.3. The van der Waals surface area contributed by atoms with Crippen molar-refractivity contribution in [3.05, 3.63) is 70.5 Å². The Labute approximate surface area is 157 Å². The second-order valence-electron chi connectivity index (χ2n) is 7.08. The zero-order chi connectivity index (χ0) is 19.2. The van der Waals surface area contributed by atoms with Gasteiger partial charge in [-0.25, -0.2) is 13.2 Å². The van der Waals surface area contributed by atoms with Crippen molar-refractivity contribution in [3.63, 3.8) is 0 Å². The highest BCUT2D eigenvalue weighted by atomic mass is 19.2. The molecule has 0 heterocycles. The summed E-state index contributed by atoms with van der Waals surface area (Å²) in [5, 5.41) is 7.66. The summed E-state index contributed by atoms with van der Waals surface area (Å²) in [5.41, 5.74) is 2.37. The number of nitrogens with zero attached hydrogens (tertiary/aromatic N) is 2. The van der Waals surface area contributed by atoms with E-state index < -0.39 is 17.5 Å². The molecule has 0 unspecified atom stereocenters. The Morgan fingerprint density at radius 3 is 1.96 bits per heavy atom. The molecule has 5 heteroatoms. The molecule has 2 aromatic rings.